The van der Waals surface area contributed by atoms with Gasteiger partial charge in [-0.1, -0.05) is 0 Å². The fraction of sp³-hybridized carbons (Fsp3) is 0.125. The molecule has 3 heterocycles. The van der Waals surface area contributed by atoms with Crippen molar-refractivity contribution in [1.82, 2.24) is 9.71 Å². The number of hydrogen-bond donors (Lipinski definition) is 1. The quantitative estimate of drug-likeness (QED) is 0.662. The Balaban J connectivity index is 1.78. The predicted octanol–water partition coefficient (Wildman–Crippen LogP) is 2.67. The fourth-order valence-electron chi connectivity index (χ4n) is 2.15. The van der Waals surface area contributed by atoms with Gasteiger partial charge >= 0.3 is 5.97 Å². The molecule has 0 radical (unpaired) electrons. The molecule has 0 fully saturated rings. The van der Waals surface area contributed by atoms with E-state index >= 15 is 0 Å². The second-order valence-electron chi connectivity index (χ2n) is 4.96. The first-order chi connectivity index (χ1) is 12.0. The molecule has 0 aliphatic heterocycles. The van der Waals surface area contributed by atoms with Gasteiger partial charge in [-0.05, 0) is 41.3 Å². The summed E-state index contributed by atoms with van der Waals surface area (Å²) in [6, 6.07) is 8.32. The number of aromatic nitrogens is 1. The smallest absolute Gasteiger partial charge is 0.349 e. The van der Waals surface area contributed by atoms with Crippen LogP contribution < -0.4 is 4.72 Å². The summed E-state index contributed by atoms with van der Waals surface area (Å²) in [5.74, 6) is -0.0880. The number of nitrogens with one attached hydrogen (secondary N) is 1. The standard InChI is InChI=1S/C16H14N2O5S2/c1-22-16(19)15-14(5-8-24-15)25(20,21)18-10-11-4-6-17-12(9-11)13-3-2-7-23-13/h2-9,18H,10H2,1H3. The van der Waals surface area contributed by atoms with Crippen molar-refractivity contribution in [2.45, 2.75) is 11.4 Å². The first kappa shape index (κ1) is 17.3. The van der Waals surface area contributed by atoms with E-state index in [0.717, 1.165) is 11.3 Å². The van der Waals surface area contributed by atoms with Crippen LogP contribution in [-0.4, -0.2) is 26.5 Å². The summed E-state index contributed by atoms with van der Waals surface area (Å²) < 4.78 is 37.3. The van der Waals surface area contributed by atoms with E-state index in [1.165, 1.54) is 24.8 Å². The van der Waals surface area contributed by atoms with Crippen molar-refractivity contribution in [3.05, 3.63) is 58.6 Å². The van der Waals surface area contributed by atoms with Crippen LogP contribution in [0, 0.1) is 0 Å². The van der Waals surface area contributed by atoms with E-state index in [9.17, 15) is 13.2 Å². The van der Waals surface area contributed by atoms with Crippen LogP contribution in [0.15, 0.2) is 57.5 Å². The number of esters is 1. The lowest BCUT2D eigenvalue weighted by Crippen LogP contribution is -2.24. The molecular weight excluding hydrogens is 364 g/mol. The summed E-state index contributed by atoms with van der Waals surface area (Å²) >= 11 is 1.02. The van der Waals surface area contributed by atoms with Crippen molar-refractivity contribution < 1.29 is 22.4 Å². The van der Waals surface area contributed by atoms with Gasteiger partial charge in [0, 0.05) is 12.7 Å². The highest BCUT2D eigenvalue weighted by atomic mass is 32.2. The third-order valence-electron chi connectivity index (χ3n) is 3.35. The van der Waals surface area contributed by atoms with E-state index in [2.05, 4.69) is 14.4 Å². The van der Waals surface area contributed by atoms with Crippen LogP contribution in [-0.2, 0) is 21.3 Å². The molecule has 3 rings (SSSR count). The van der Waals surface area contributed by atoms with E-state index in [1.807, 2.05) is 0 Å². The number of thiophene rings is 1. The van der Waals surface area contributed by atoms with E-state index in [1.54, 1.807) is 30.5 Å². The molecule has 0 aliphatic rings. The number of carbonyl (C=O) groups is 1. The Morgan fingerprint density at radius 2 is 2.20 bits per heavy atom. The third-order valence-corrected chi connectivity index (χ3v) is 5.82. The van der Waals surface area contributed by atoms with Crippen LogP contribution in [0.25, 0.3) is 11.5 Å². The number of carbonyl (C=O) groups excluding carboxylic acids is 1. The van der Waals surface area contributed by atoms with Gasteiger partial charge in [0.25, 0.3) is 0 Å². The van der Waals surface area contributed by atoms with Crippen LogP contribution >= 0.6 is 11.3 Å². The van der Waals surface area contributed by atoms with Crippen molar-refractivity contribution in [2.24, 2.45) is 0 Å². The van der Waals surface area contributed by atoms with Gasteiger partial charge < -0.3 is 9.15 Å². The van der Waals surface area contributed by atoms with Gasteiger partial charge in [-0.25, -0.2) is 17.9 Å². The molecule has 0 bridgehead atoms. The molecular formula is C16H14N2O5S2. The molecule has 0 aliphatic carbocycles. The number of pyridine rings is 1. The topological polar surface area (TPSA) is 98.5 Å². The zero-order valence-electron chi connectivity index (χ0n) is 13.1. The van der Waals surface area contributed by atoms with Gasteiger partial charge in [-0.15, -0.1) is 11.3 Å². The summed E-state index contributed by atoms with van der Waals surface area (Å²) in [5.41, 5.74) is 1.31. The van der Waals surface area contributed by atoms with Crippen LogP contribution in [0.3, 0.4) is 0 Å². The SMILES string of the molecule is COC(=O)c1sccc1S(=O)(=O)NCc1ccnc(-c2ccco2)c1. The molecule has 25 heavy (non-hydrogen) atoms. The second-order valence-corrected chi connectivity index (χ2v) is 7.61. The Labute approximate surface area is 148 Å². The Morgan fingerprint density at radius 3 is 2.92 bits per heavy atom. The molecule has 0 unspecified atom stereocenters. The van der Waals surface area contributed by atoms with Gasteiger partial charge in [0.2, 0.25) is 10.0 Å². The largest absolute Gasteiger partial charge is 0.465 e. The molecule has 0 saturated carbocycles. The molecule has 0 spiro atoms. The van der Waals surface area contributed by atoms with Crippen LogP contribution in [0.2, 0.25) is 0 Å². The molecule has 9 heteroatoms. The maximum atomic E-state index is 12.5. The Bertz CT molecular complexity index is 978. The molecule has 0 saturated heterocycles. The Morgan fingerprint density at radius 1 is 1.36 bits per heavy atom. The number of sulfonamides is 1. The van der Waals surface area contributed by atoms with Gasteiger partial charge in [0.15, 0.2) is 5.76 Å². The van der Waals surface area contributed by atoms with Gasteiger partial charge in [-0.2, -0.15) is 0 Å². The summed E-state index contributed by atoms with van der Waals surface area (Å²) in [6.07, 6.45) is 3.11. The normalized spacial score (nSPS) is 11.4. The number of ether oxygens (including phenoxy) is 1. The minimum absolute atomic E-state index is 0.0426. The summed E-state index contributed by atoms with van der Waals surface area (Å²) in [6.45, 7) is 0.0506. The van der Waals surface area contributed by atoms with Crippen molar-refractivity contribution in [3.63, 3.8) is 0 Å². The summed E-state index contributed by atoms with van der Waals surface area (Å²) in [5, 5.41) is 1.53. The summed E-state index contributed by atoms with van der Waals surface area (Å²) in [4.78, 5) is 15.8. The molecule has 3 aromatic heterocycles. The highest BCUT2D eigenvalue weighted by Gasteiger charge is 2.24. The van der Waals surface area contributed by atoms with Gasteiger partial charge in [0.05, 0.1) is 13.4 Å². The van der Waals surface area contributed by atoms with Gasteiger partial charge in [-0.3, -0.25) is 4.98 Å². The van der Waals surface area contributed by atoms with E-state index in [0.29, 0.717) is 17.0 Å². The maximum absolute atomic E-state index is 12.5. The fourth-order valence-corrected chi connectivity index (χ4v) is 4.50. The molecule has 0 amide bonds. The zero-order chi connectivity index (χ0) is 17.9. The summed E-state index contributed by atoms with van der Waals surface area (Å²) in [7, 11) is -2.64. The van der Waals surface area contributed by atoms with Crippen LogP contribution in [0.1, 0.15) is 15.2 Å². The lowest BCUT2D eigenvalue weighted by Gasteiger charge is -2.08. The average Bonchev–Trinajstić information content (AvgIpc) is 3.31. The van der Waals surface area contributed by atoms with E-state index < -0.39 is 16.0 Å². The molecule has 0 aromatic carbocycles. The number of methoxy groups -OCH3 is 1. The zero-order valence-corrected chi connectivity index (χ0v) is 14.8. The van der Waals surface area contributed by atoms with E-state index in [-0.39, 0.29) is 16.3 Å². The van der Waals surface area contributed by atoms with Crippen molar-refractivity contribution in [2.75, 3.05) is 7.11 Å². The van der Waals surface area contributed by atoms with Crippen molar-refractivity contribution >= 4 is 27.3 Å². The first-order valence-corrected chi connectivity index (χ1v) is 9.52. The number of hydrogen-bond acceptors (Lipinski definition) is 7. The lowest BCUT2D eigenvalue weighted by molar-refractivity contribution is 0.0602. The monoisotopic (exact) mass is 378 g/mol. The highest BCUT2D eigenvalue weighted by molar-refractivity contribution is 7.89. The van der Waals surface area contributed by atoms with Crippen molar-refractivity contribution in [1.29, 1.82) is 0 Å². The highest BCUT2D eigenvalue weighted by Crippen LogP contribution is 2.23. The predicted molar refractivity (Wildman–Crippen MR) is 91.6 cm³/mol. The molecule has 0 atom stereocenters. The van der Waals surface area contributed by atoms with Crippen LogP contribution in [0.5, 0.6) is 0 Å². The van der Waals surface area contributed by atoms with Crippen LogP contribution in [0.4, 0.5) is 0 Å². The molecule has 1 N–H and O–H groups in total. The third kappa shape index (κ3) is 3.78. The van der Waals surface area contributed by atoms with Gasteiger partial charge in [0.1, 0.15) is 15.5 Å². The lowest BCUT2D eigenvalue weighted by atomic mass is 10.2. The number of nitrogens with zero attached hydrogens (tertiary/aromatic N) is 1. The first-order valence-electron chi connectivity index (χ1n) is 7.15. The van der Waals surface area contributed by atoms with E-state index in [4.69, 9.17) is 4.42 Å². The molecule has 130 valence electrons. The number of rotatable bonds is 6. The Kier molecular flexibility index (Phi) is 4.98. The minimum Gasteiger partial charge on any atom is -0.465 e. The average molecular weight is 378 g/mol. The Hall–Kier alpha value is -2.49. The maximum Gasteiger partial charge on any atom is 0.349 e. The molecule has 3 aromatic rings. The number of furan rings is 1. The minimum atomic E-state index is -3.85. The molecule has 7 nitrogen and oxygen atoms in total. The van der Waals surface area contributed by atoms with Crippen molar-refractivity contribution in [3.8, 4) is 11.5 Å². The second kappa shape index (κ2) is 7.18.